The fourth-order valence-electron chi connectivity index (χ4n) is 3.66. The molecule has 2 amide bonds. The molecule has 8 nitrogen and oxygen atoms in total. The highest BCUT2D eigenvalue weighted by Crippen LogP contribution is 2.27. The van der Waals surface area contributed by atoms with Crippen LogP contribution in [0.25, 0.3) is 0 Å². The first-order valence-electron chi connectivity index (χ1n) is 10.5. The van der Waals surface area contributed by atoms with Crippen molar-refractivity contribution in [2.75, 3.05) is 19.7 Å². The maximum atomic E-state index is 12.6. The Kier molecular flexibility index (Phi) is 7.59. The van der Waals surface area contributed by atoms with Gasteiger partial charge in [-0.3, -0.25) is 19.7 Å². The van der Waals surface area contributed by atoms with Crippen LogP contribution in [0.15, 0.2) is 48.5 Å². The van der Waals surface area contributed by atoms with Crippen LogP contribution >= 0.6 is 0 Å². The third kappa shape index (κ3) is 6.04. The Hall–Kier alpha value is -3.42. The van der Waals surface area contributed by atoms with Gasteiger partial charge in [0, 0.05) is 30.8 Å². The molecule has 0 aliphatic carbocycles. The molecule has 0 radical (unpaired) electrons. The van der Waals surface area contributed by atoms with Gasteiger partial charge in [-0.25, -0.2) is 0 Å². The number of hydrogen-bond acceptors (Lipinski definition) is 5. The van der Waals surface area contributed by atoms with Crippen molar-refractivity contribution < 1.29 is 19.2 Å². The summed E-state index contributed by atoms with van der Waals surface area (Å²) in [6.45, 7) is 3.49. The fraction of sp³-hybridized carbons (Fsp3) is 0.391. The van der Waals surface area contributed by atoms with Gasteiger partial charge in [-0.05, 0) is 30.9 Å². The number of amides is 2. The molecule has 1 N–H and O–H groups in total. The van der Waals surface area contributed by atoms with Gasteiger partial charge in [-0.2, -0.15) is 0 Å². The largest absolute Gasteiger partial charge is 0.483 e. The van der Waals surface area contributed by atoms with E-state index in [2.05, 4.69) is 5.32 Å². The number of benzene rings is 2. The summed E-state index contributed by atoms with van der Waals surface area (Å²) in [4.78, 5) is 37.0. The smallest absolute Gasteiger partial charge is 0.269 e. The maximum absolute atomic E-state index is 12.6. The van der Waals surface area contributed by atoms with Gasteiger partial charge >= 0.3 is 0 Å². The number of nitro benzene ring substituents is 1. The molecule has 0 saturated carbocycles. The van der Waals surface area contributed by atoms with Gasteiger partial charge in [0.25, 0.3) is 11.6 Å². The highest BCUT2D eigenvalue weighted by Gasteiger charge is 2.21. The van der Waals surface area contributed by atoms with Crippen LogP contribution in [0.3, 0.4) is 0 Å². The van der Waals surface area contributed by atoms with Crippen LogP contribution in [-0.2, 0) is 16.0 Å². The van der Waals surface area contributed by atoms with Gasteiger partial charge < -0.3 is 15.0 Å². The van der Waals surface area contributed by atoms with E-state index >= 15 is 0 Å². The van der Waals surface area contributed by atoms with Gasteiger partial charge in [-0.15, -0.1) is 0 Å². The zero-order chi connectivity index (χ0) is 22.2. The molecule has 164 valence electrons. The van der Waals surface area contributed by atoms with Crippen LogP contribution in [0.5, 0.6) is 5.75 Å². The van der Waals surface area contributed by atoms with Crippen LogP contribution in [0.4, 0.5) is 5.69 Å². The first kappa shape index (κ1) is 22.3. The van der Waals surface area contributed by atoms with E-state index < -0.39 is 4.92 Å². The summed E-state index contributed by atoms with van der Waals surface area (Å²) in [5.41, 5.74) is 1.50. The van der Waals surface area contributed by atoms with E-state index in [-0.39, 0.29) is 36.6 Å². The van der Waals surface area contributed by atoms with Crippen LogP contribution in [0, 0.1) is 10.1 Å². The summed E-state index contributed by atoms with van der Waals surface area (Å²) in [5, 5.41) is 13.8. The lowest BCUT2D eigenvalue weighted by Crippen LogP contribution is -2.33. The van der Waals surface area contributed by atoms with Crippen molar-refractivity contribution in [3.8, 4) is 5.75 Å². The summed E-state index contributed by atoms with van der Waals surface area (Å²) in [6.07, 6.45) is 2.82. The molecule has 1 aliphatic rings. The fourth-order valence-corrected chi connectivity index (χ4v) is 3.66. The van der Waals surface area contributed by atoms with E-state index in [9.17, 15) is 19.7 Å². The lowest BCUT2D eigenvalue weighted by Gasteiger charge is -2.22. The maximum Gasteiger partial charge on any atom is 0.269 e. The minimum absolute atomic E-state index is 0.00912. The van der Waals surface area contributed by atoms with Crippen molar-refractivity contribution in [3.05, 3.63) is 69.8 Å². The molecule has 1 heterocycles. The Bertz CT molecular complexity index is 923. The first-order chi connectivity index (χ1) is 15.0. The van der Waals surface area contributed by atoms with Crippen molar-refractivity contribution in [2.45, 2.75) is 38.6 Å². The third-order valence-corrected chi connectivity index (χ3v) is 5.36. The van der Waals surface area contributed by atoms with Crippen molar-refractivity contribution in [1.29, 1.82) is 0 Å². The molecular formula is C23H27N3O5. The van der Waals surface area contributed by atoms with Gasteiger partial charge in [0.1, 0.15) is 5.75 Å². The van der Waals surface area contributed by atoms with Crippen LogP contribution in [0.1, 0.15) is 43.4 Å². The summed E-state index contributed by atoms with van der Waals surface area (Å²) in [6, 6.07) is 13.1. The Labute approximate surface area is 181 Å². The predicted octanol–water partition coefficient (Wildman–Crippen LogP) is 3.41. The molecule has 31 heavy (non-hydrogen) atoms. The second-order valence-corrected chi connectivity index (χ2v) is 7.54. The Morgan fingerprint density at radius 2 is 1.81 bits per heavy atom. The molecule has 8 heteroatoms. The standard InChI is InChI=1S/C23H27N3O5/c1-2-20(24-22(27)15-17-9-11-18(12-10-17)26(29)30)19-7-3-4-8-21(19)31-16-23(28)25-13-5-6-14-25/h3-4,7-12,20H,2,5-6,13-16H2,1H3,(H,24,27). The topological polar surface area (TPSA) is 102 Å². The van der Waals surface area contributed by atoms with Gasteiger partial charge in [0.2, 0.25) is 5.91 Å². The molecule has 0 bridgehead atoms. The molecular weight excluding hydrogens is 398 g/mol. The lowest BCUT2D eigenvalue weighted by atomic mass is 10.0. The summed E-state index contributed by atoms with van der Waals surface area (Å²) < 4.78 is 5.82. The number of ether oxygens (including phenoxy) is 1. The Morgan fingerprint density at radius 1 is 1.13 bits per heavy atom. The molecule has 2 aromatic carbocycles. The third-order valence-electron chi connectivity index (χ3n) is 5.36. The number of non-ortho nitro benzene ring substituents is 1. The number of carbonyl (C=O) groups excluding carboxylic acids is 2. The highest BCUT2D eigenvalue weighted by molar-refractivity contribution is 5.79. The van der Waals surface area contributed by atoms with E-state index in [0.717, 1.165) is 31.5 Å². The average molecular weight is 425 g/mol. The number of nitrogens with one attached hydrogen (secondary N) is 1. The predicted molar refractivity (Wildman–Crippen MR) is 116 cm³/mol. The number of nitrogens with zero attached hydrogens (tertiary/aromatic N) is 2. The highest BCUT2D eigenvalue weighted by atomic mass is 16.6. The van der Waals surface area contributed by atoms with E-state index in [4.69, 9.17) is 4.74 Å². The SMILES string of the molecule is CCC(NC(=O)Cc1ccc([N+](=O)[O-])cc1)c1ccccc1OCC(=O)N1CCCC1. The average Bonchev–Trinajstić information content (AvgIpc) is 3.31. The second-order valence-electron chi connectivity index (χ2n) is 7.54. The Morgan fingerprint density at radius 3 is 2.45 bits per heavy atom. The van der Waals surface area contributed by atoms with E-state index in [1.807, 2.05) is 30.0 Å². The number of hydrogen-bond donors (Lipinski definition) is 1. The number of carbonyl (C=O) groups is 2. The van der Waals surface area contributed by atoms with Crippen molar-refractivity contribution in [1.82, 2.24) is 10.2 Å². The van der Waals surface area contributed by atoms with E-state index in [0.29, 0.717) is 17.7 Å². The molecule has 0 aromatic heterocycles. The molecule has 1 saturated heterocycles. The number of likely N-dealkylation sites (tertiary alicyclic amines) is 1. The minimum atomic E-state index is -0.470. The molecule has 3 rings (SSSR count). The Balaban J connectivity index is 1.62. The van der Waals surface area contributed by atoms with Crippen molar-refractivity contribution >= 4 is 17.5 Å². The molecule has 1 aliphatic heterocycles. The number of nitro groups is 1. The zero-order valence-corrected chi connectivity index (χ0v) is 17.6. The van der Waals surface area contributed by atoms with Crippen LogP contribution < -0.4 is 10.1 Å². The van der Waals surface area contributed by atoms with Crippen molar-refractivity contribution in [2.24, 2.45) is 0 Å². The molecule has 1 atom stereocenters. The van der Waals surface area contributed by atoms with E-state index in [1.54, 1.807) is 18.2 Å². The monoisotopic (exact) mass is 425 g/mol. The van der Waals surface area contributed by atoms with Crippen LogP contribution in [0.2, 0.25) is 0 Å². The summed E-state index contributed by atoms with van der Waals surface area (Å²) >= 11 is 0. The summed E-state index contributed by atoms with van der Waals surface area (Å²) in [7, 11) is 0. The quantitative estimate of drug-likeness (QED) is 0.490. The molecule has 2 aromatic rings. The van der Waals surface area contributed by atoms with Crippen LogP contribution in [-0.4, -0.2) is 41.3 Å². The molecule has 1 unspecified atom stereocenters. The van der Waals surface area contributed by atoms with Gasteiger partial charge in [0.15, 0.2) is 6.61 Å². The van der Waals surface area contributed by atoms with Gasteiger partial charge in [-0.1, -0.05) is 37.3 Å². The van der Waals surface area contributed by atoms with E-state index in [1.165, 1.54) is 12.1 Å². The van der Waals surface area contributed by atoms with Gasteiger partial charge in [0.05, 0.1) is 17.4 Å². The number of para-hydroxylation sites is 1. The number of rotatable bonds is 9. The second kappa shape index (κ2) is 10.6. The molecule has 1 fully saturated rings. The molecule has 0 spiro atoms. The minimum Gasteiger partial charge on any atom is -0.483 e. The summed E-state index contributed by atoms with van der Waals surface area (Å²) in [5.74, 6) is 0.365. The zero-order valence-electron chi connectivity index (χ0n) is 17.6. The van der Waals surface area contributed by atoms with Crippen molar-refractivity contribution in [3.63, 3.8) is 0 Å². The first-order valence-corrected chi connectivity index (χ1v) is 10.5. The normalized spacial score (nSPS) is 14.2. The lowest BCUT2D eigenvalue weighted by molar-refractivity contribution is -0.384.